The van der Waals surface area contributed by atoms with Gasteiger partial charge in [-0.3, -0.25) is 0 Å². The highest BCUT2D eigenvalue weighted by atomic mass is 16.5. The van der Waals surface area contributed by atoms with Crippen LogP contribution in [0.4, 0.5) is 0 Å². The van der Waals surface area contributed by atoms with E-state index in [1.807, 2.05) is 12.1 Å². The van der Waals surface area contributed by atoms with Crippen LogP contribution in [0.3, 0.4) is 0 Å². The Morgan fingerprint density at radius 1 is 0.355 bits per heavy atom. The van der Waals surface area contributed by atoms with E-state index in [1.165, 1.54) is 33.4 Å². The summed E-state index contributed by atoms with van der Waals surface area (Å²) in [6, 6.07) is 38.5. The Balaban J connectivity index is 1.52. The molecule has 394 valence electrons. The number of nitrogens with one attached hydrogen (secondary N) is 2. The zero-order valence-electron chi connectivity index (χ0n) is 48.8. The maximum atomic E-state index is 9.78. The number of aromatic amines is 2. The second kappa shape index (κ2) is 19.4. The first kappa shape index (κ1) is 54.0. The summed E-state index contributed by atoms with van der Waals surface area (Å²) in [7, 11) is 0. The fraction of sp³-hybridized carbons (Fsp3) is 0.371. The molecule has 5 heterocycles. The van der Waals surface area contributed by atoms with Crippen LogP contribution in [0.2, 0.25) is 0 Å². The number of nitrogens with zero attached hydrogens (tertiary/aromatic N) is 2. The van der Waals surface area contributed by atoms with Gasteiger partial charge in [0.15, 0.2) is 0 Å². The van der Waals surface area contributed by atoms with Gasteiger partial charge in [0, 0.05) is 44.3 Å². The van der Waals surface area contributed by atoms with Crippen molar-refractivity contribution in [3.63, 3.8) is 0 Å². The number of aliphatic hydroxyl groups excluding tert-OH is 1. The summed E-state index contributed by atoms with van der Waals surface area (Å²) in [5.74, 6) is 0.675. The topological polar surface area (TPSA) is 86.8 Å². The van der Waals surface area contributed by atoms with Crippen molar-refractivity contribution in [3.05, 3.63) is 159 Å². The second-order valence-corrected chi connectivity index (χ2v) is 27.5. The summed E-state index contributed by atoms with van der Waals surface area (Å²) >= 11 is 0. The number of fused-ring (bicyclic) bond motifs is 8. The van der Waals surface area contributed by atoms with Gasteiger partial charge in [-0.15, -0.1) is 0 Å². The minimum atomic E-state index is -0.112. The molecule has 0 spiro atoms. The van der Waals surface area contributed by atoms with Crippen molar-refractivity contribution in [2.75, 3.05) is 13.2 Å². The van der Waals surface area contributed by atoms with E-state index < -0.39 is 0 Å². The van der Waals surface area contributed by atoms with Gasteiger partial charge in [-0.25, -0.2) is 9.97 Å². The monoisotopic (exact) mass is 1010 g/mol. The highest BCUT2D eigenvalue weighted by Gasteiger charge is 2.28. The zero-order chi connectivity index (χ0) is 55.1. The molecule has 6 heteroatoms. The normalized spacial score (nSPS) is 13.5. The molecule has 0 saturated heterocycles. The van der Waals surface area contributed by atoms with E-state index >= 15 is 0 Å². The molecular formula is C70H82N4O2. The first-order valence-electron chi connectivity index (χ1n) is 27.4. The third-order valence-corrected chi connectivity index (χ3v) is 15.1. The zero-order valence-corrected chi connectivity index (χ0v) is 48.8. The molecule has 3 aromatic heterocycles. The van der Waals surface area contributed by atoms with Crippen molar-refractivity contribution in [2.24, 2.45) is 0 Å². The van der Waals surface area contributed by atoms with Crippen molar-refractivity contribution < 1.29 is 9.84 Å². The van der Waals surface area contributed by atoms with Gasteiger partial charge in [0.1, 0.15) is 12.4 Å². The van der Waals surface area contributed by atoms with Crippen LogP contribution in [0.1, 0.15) is 181 Å². The van der Waals surface area contributed by atoms with Crippen molar-refractivity contribution in [1.82, 2.24) is 19.9 Å². The van der Waals surface area contributed by atoms with Gasteiger partial charge in [-0.05, 0) is 149 Å². The van der Waals surface area contributed by atoms with Gasteiger partial charge in [0.05, 0.1) is 29.4 Å². The average Bonchev–Trinajstić information content (AvgIpc) is 4.18. The van der Waals surface area contributed by atoms with Crippen molar-refractivity contribution in [3.8, 4) is 50.3 Å². The predicted octanol–water partition coefficient (Wildman–Crippen LogP) is 18.5. The second-order valence-electron chi connectivity index (χ2n) is 27.5. The van der Waals surface area contributed by atoms with Gasteiger partial charge in [-0.1, -0.05) is 191 Å². The maximum absolute atomic E-state index is 9.78. The first-order valence-corrected chi connectivity index (χ1v) is 27.4. The molecule has 7 aromatic rings. The Morgan fingerprint density at radius 3 is 0.895 bits per heavy atom. The average molecular weight is 1010 g/mol. The van der Waals surface area contributed by atoms with Crippen LogP contribution >= 0.6 is 0 Å². The molecule has 3 N–H and O–H groups in total. The fourth-order valence-corrected chi connectivity index (χ4v) is 10.2. The lowest BCUT2D eigenvalue weighted by Gasteiger charge is -2.26. The number of hydrogen-bond acceptors (Lipinski definition) is 4. The summed E-state index contributed by atoms with van der Waals surface area (Å²) in [6.45, 7) is 41.5. The summed E-state index contributed by atoms with van der Waals surface area (Å²) in [5.41, 5.74) is 22.5. The number of H-pyrrole nitrogens is 2. The summed E-state index contributed by atoms with van der Waals surface area (Å²) in [5, 5.41) is 9.78. The van der Waals surface area contributed by atoms with Crippen molar-refractivity contribution in [2.45, 2.75) is 157 Å². The maximum Gasteiger partial charge on any atom is 0.120 e. The Bertz CT molecular complexity index is 3450. The molecule has 0 aliphatic carbocycles. The van der Waals surface area contributed by atoms with Crippen LogP contribution in [0.5, 0.6) is 5.75 Å². The molecule has 0 atom stereocenters. The van der Waals surface area contributed by atoms with Crippen LogP contribution in [0.15, 0.2) is 103 Å². The Morgan fingerprint density at radius 2 is 0.632 bits per heavy atom. The Labute approximate surface area is 453 Å². The third-order valence-electron chi connectivity index (χ3n) is 15.1. The molecule has 2 aliphatic heterocycles. The number of benzene rings is 4. The molecule has 76 heavy (non-hydrogen) atoms. The molecule has 0 amide bonds. The number of aliphatic hydroxyl groups is 1. The van der Waals surface area contributed by atoms with E-state index in [4.69, 9.17) is 14.7 Å². The fourth-order valence-electron chi connectivity index (χ4n) is 10.2. The van der Waals surface area contributed by atoms with Gasteiger partial charge >= 0.3 is 0 Å². The molecule has 2 aliphatic rings. The van der Waals surface area contributed by atoms with Crippen LogP contribution < -0.4 is 4.74 Å². The lowest BCUT2D eigenvalue weighted by Crippen LogP contribution is -2.16. The van der Waals surface area contributed by atoms with E-state index in [0.29, 0.717) is 5.75 Å². The lowest BCUT2D eigenvalue weighted by atomic mass is 9.78. The van der Waals surface area contributed by atoms with Crippen LogP contribution in [-0.2, 0) is 32.5 Å². The molecule has 9 rings (SSSR count). The summed E-state index contributed by atoms with van der Waals surface area (Å²) in [6.07, 6.45) is 8.78. The molecule has 0 radical (unpaired) electrons. The van der Waals surface area contributed by atoms with Crippen LogP contribution in [0.25, 0.3) is 90.9 Å². The van der Waals surface area contributed by atoms with Crippen molar-refractivity contribution in [1.29, 1.82) is 0 Å². The lowest BCUT2D eigenvalue weighted by molar-refractivity contribution is 0.201. The van der Waals surface area contributed by atoms with E-state index in [1.54, 1.807) is 0 Å². The Hall–Kier alpha value is -6.76. The molecule has 6 nitrogen and oxygen atoms in total. The minimum Gasteiger partial charge on any atom is -0.491 e. The molecule has 4 aromatic carbocycles. The van der Waals surface area contributed by atoms with E-state index in [9.17, 15) is 5.11 Å². The van der Waals surface area contributed by atoms with Gasteiger partial charge in [0.25, 0.3) is 0 Å². The highest BCUT2D eigenvalue weighted by molar-refractivity contribution is 6.00. The van der Waals surface area contributed by atoms with E-state index in [2.05, 4.69) is 250 Å². The minimum absolute atomic E-state index is 0.0785. The number of hydrogen-bond donors (Lipinski definition) is 3. The van der Waals surface area contributed by atoms with Gasteiger partial charge in [-0.2, -0.15) is 0 Å². The van der Waals surface area contributed by atoms with Gasteiger partial charge in [0.2, 0.25) is 0 Å². The summed E-state index contributed by atoms with van der Waals surface area (Å²) < 4.78 is 6.06. The molecule has 8 bridgehead atoms. The quantitative estimate of drug-likeness (QED) is 0.148. The third kappa shape index (κ3) is 11.1. The molecular weight excluding hydrogens is 929 g/mol. The number of ether oxygens (including phenoxy) is 1. The predicted molar refractivity (Wildman–Crippen MR) is 325 cm³/mol. The van der Waals surface area contributed by atoms with Crippen LogP contribution in [0, 0.1) is 0 Å². The molecule has 0 fully saturated rings. The first-order chi connectivity index (χ1) is 35.4. The van der Waals surface area contributed by atoms with E-state index in [-0.39, 0.29) is 45.7 Å². The highest BCUT2D eigenvalue weighted by Crippen LogP contribution is 2.44. The van der Waals surface area contributed by atoms with Crippen LogP contribution in [-0.4, -0.2) is 38.3 Å². The van der Waals surface area contributed by atoms with E-state index in [0.717, 1.165) is 89.4 Å². The largest absolute Gasteiger partial charge is 0.491 e. The standard InChI is InChI=1S/C70H82N4O2/c1-65(2,3)46-32-43(33-47(39-46)66(4,5)6)62-55-24-22-53(71-55)61(42-20-19-21-52(38-42)76-31-30-75)54-23-25-56(72-54)63(44-34-48(67(7,8)9)40-49(35-44)68(10,11)12)58-27-29-60(74-58)64(59-28-26-57(62)73-59)45-36-50(69(13,14)15)41-51(37-45)70(16,17)18/h19-29,32-41,71,74-75H,30-31H2,1-18H3. The smallest absolute Gasteiger partial charge is 0.120 e. The van der Waals surface area contributed by atoms with Crippen molar-refractivity contribution >= 4 is 46.4 Å². The molecule has 0 saturated carbocycles. The molecule has 0 unspecified atom stereocenters. The number of aromatic nitrogens is 4. The Kier molecular flexibility index (Phi) is 13.8. The summed E-state index contributed by atoms with van der Waals surface area (Å²) in [4.78, 5) is 19.6. The number of rotatable bonds is 7. The van der Waals surface area contributed by atoms with Gasteiger partial charge < -0.3 is 19.8 Å². The SMILES string of the molecule is CC(C)(C)c1cc(-c2c3nc(c(-c4cc(C(C)(C)C)cc(C(C)(C)C)c4)c4ccc([nH]4)c(-c4cc(C(C)(C)C)cc(C(C)(C)C)c4)c4nc(c(-c5cccc(OCCO)c5)c5ccc2[nH]5)C=C4)C=C3)cc(C(C)(C)C)c1.